The molecule has 2 aliphatic heterocycles. The molecule has 1 saturated carbocycles. The van der Waals surface area contributed by atoms with Gasteiger partial charge in [-0.25, -0.2) is 4.52 Å². The van der Waals surface area contributed by atoms with Crippen LogP contribution in [0.1, 0.15) is 70.9 Å². The molecule has 3 aromatic rings. The number of H-pyrrole nitrogens is 1. The second kappa shape index (κ2) is 15.4. The van der Waals surface area contributed by atoms with Crippen molar-refractivity contribution >= 4 is 29.5 Å². The van der Waals surface area contributed by atoms with Crippen LogP contribution in [0.25, 0.3) is 5.52 Å². The molecule has 3 fully saturated rings. The summed E-state index contributed by atoms with van der Waals surface area (Å²) in [5, 5.41) is 18.8. The number of primary amides is 1. The van der Waals surface area contributed by atoms with Crippen LogP contribution in [0.4, 0.5) is 17.6 Å². The molecule has 1 amide bonds. The fourth-order valence-electron chi connectivity index (χ4n) is 4.12. The van der Waals surface area contributed by atoms with E-state index in [0.29, 0.717) is 12.0 Å². The SMILES string of the molecule is C#C.C1CCNC1.CC.CC1CCCN1c1nc(Nc2cc(C3CC3)[nH]n2)c2cccn2n1.NC=O. The van der Waals surface area contributed by atoms with Crippen LogP contribution in [0.2, 0.25) is 0 Å². The number of terminal acetylenes is 1. The number of hydrogen-bond donors (Lipinski definition) is 4. The molecule has 3 aromatic heterocycles. The maximum Gasteiger partial charge on any atom is 0.245 e. The first kappa shape index (κ1) is 28.7. The summed E-state index contributed by atoms with van der Waals surface area (Å²) in [5.74, 6) is 3.06. The number of aromatic nitrogens is 5. The molecule has 0 aromatic carbocycles. The van der Waals surface area contributed by atoms with E-state index in [9.17, 15) is 0 Å². The summed E-state index contributed by atoms with van der Waals surface area (Å²) >= 11 is 0. The molecule has 1 aliphatic carbocycles. The summed E-state index contributed by atoms with van der Waals surface area (Å²) in [7, 11) is 0. The van der Waals surface area contributed by atoms with E-state index in [1.807, 2.05) is 36.7 Å². The minimum Gasteiger partial charge on any atom is -0.372 e. The number of fused-ring (bicyclic) bond motifs is 1. The number of anilines is 3. The number of nitrogens with one attached hydrogen (secondary N) is 3. The summed E-state index contributed by atoms with van der Waals surface area (Å²) in [4.78, 5) is 15.7. The molecule has 5 heterocycles. The van der Waals surface area contributed by atoms with Crippen molar-refractivity contribution in [1.29, 1.82) is 0 Å². The minimum atomic E-state index is 0.250. The van der Waals surface area contributed by atoms with Gasteiger partial charge in [-0.3, -0.25) is 9.89 Å². The van der Waals surface area contributed by atoms with E-state index in [0.717, 1.165) is 29.6 Å². The predicted molar refractivity (Wildman–Crippen MR) is 146 cm³/mol. The first-order chi connectivity index (χ1) is 17.7. The zero-order valence-corrected chi connectivity index (χ0v) is 21.8. The second-order valence-corrected chi connectivity index (χ2v) is 8.48. The Morgan fingerprint density at radius 1 is 1.17 bits per heavy atom. The number of amides is 1. The van der Waals surface area contributed by atoms with E-state index in [2.05, 4.69) is 62.4 Å². The maximum absolute atomic E-state index is 8.58. The molecule has 0 radical (unpaired) electrons. The van der Waals surface area contributed by atoms with Crippen molar-refractivity contribution in [3.63, 3.8) is 0 Å². The van der Waals surface area contributed by atoms with Crippen LogP contribution in [-0.4, -0.2) is 56.9 Å². The molecule has 10 heteroatoms. The van der Waals surface area contributed by atoms with Crippen molar-refractivity contribution in [2.24, 2.45) is 5.73 Å². The lowest BCUT2D eigenvalue weighted by Crippen LogP contribution is -2.29. The summed E-state index contributed by atoms with van der Waals surface area (Å²) in [5.41, 5.74) is 6.34. The monoisotopic (exact) mass is 495 g/mol. The average Bonchev–Trinajstić information content (AvgIpc) is 3.41. The van der Waals surface area contributed by atoms with E-state index in [-0.39, 0.29) is 6.41 Å². The van der Waals surface area contributed by atoms with Gasteiger partial charge in [0.2, 0.25) is 12.4 Å². The number of hydrogen-bond acceptors (Lipinski definition) is 7. The minimum absolute atomic E-state index is 0.250. The Hall–Kier alpha value is -3.58. The van der Waals surface area contributed by atoms with Gasteiger partial charge in [-0.05, 0) is 70.7 Å². The third kappa shape index (κ3) is 7.99. The number of aromatic amines is 1. The van der Waals surface area contributed by atoms with Crippen LogP contribution < -0.4 is 21.3 Å². The van der Waals surface area contributed by atoms with Gasteiger partial charge in [-0.15, -0.1) is 17.9 Å². The highest BCUT2D eigenvalue weighted by atomic mass is 16.1. The molecule has 6 rings (SSSR count). The number of nitrogens with zero attached hydrogens (tertiary/aromatic N) is 5. The van der Waals surface area contributed by atoms with Crippen LogP contribution in [0, 0.1) is 12.8 Å². The second-order valence-electron chi connectivity index (χ2n) is 8.48. The number of nitrogens with two attached hydrogens (primary N) is 1. The molecule has 196 valence electrons. The van der Waals surface area contributed by atoms with Gasteiger partial charge >= 0.3 is 0 Å². The molecule has 5 N–H and O–H groups in total. The Labute approximate surface area is 214 Å². The van der Waals surface area contributed by atoms with Gasteiger partial charge in [0.1, 0.15) is 5.52 Å². The van der Waals surface area contributed by atoms with E-state index < -0.39 is 0 Å². The third-order valence-electron chi connectivity index (χ3n) is 6.01. The van der Waals surface area contributed by atoms with Crippen LogP contribution in [0.3, 0.4) is 0 Å². The molecule has 10 nitrogen and oxygen atoms in total. The summed E-state index contributed by atoms with van der Waals surface area (Å²) < 4.78 is 1.89. The van der Waals surface area contributed by atoms with E-state index in [4.69, 9.17) is 9.78 Å². The highest BCUT2D eigenvalue weighted by molar-refractivity contribution is 5.73. The largest absolute Gasteiger partial charge is 0.372 e. The van der Waals surface area contributed by atoms with Crippen LogP contribution in [0.5, 0.6) is 0 Å². The van der Waals surface area contributed by atoms with Crippen LogP contribution >= 0.6 is 0 Å². The molecular formula is C26H41N9O. The summed E-state index contributed by atoms with van der Waals surface area (Å²) in [6.45, 7) is 9.75. The van der Waals surface area contributed by atoms with Gasteiger partial charge in [0.15, 0.2) is 11.6 Å². The first-order valence-corrected chi connectivity index (χ1v) is 12.8. The Kier molecular flexibility index (Phi) is 12.3. The lowest BCUT2D eigenvalue weighted by atomic mass is 10.2. The third-order valence-corrected chi connectivity index (χ3v) is 6.01. The van der Waals surface area contributed by atoms with Crippen molar-refractivity contribution in [3.05, 3.63) is 30.1 Å². The van der Waals surface area contributed by atoms with Crippen LogP contribution in [-0.2, 0) is 4.79 Å². The fourth-order valence-corrected chi connectivity index (χ4v) is 4.12. The molecule has 2 saturated heterocycles. The fraction of sp³-hybridized carbons (Fsp3) is 0.538. The van der Waals surface area contributed by atoms with Crippen molar-refractivity contribution < 1.29 is 4.79 Å². The van der Waals surface area contributed by atoms with Crippen molar-refractivity contribution in [2.45, 2.75) is 71.3 Å². The quantitative estimate of drug-likeness (QED) is 0.320. The van der Waals surface area contributed by atoms with Gasteiger partial charge in [0.25, 0.3) is 0 Å². The molecular weight excluding hydrogens is 454 g/mol. The summed E-state index contributed by atoms with van der Waals surface area (Å²) in [6, 6.07) is 6.59. The molecule has 36 heavy (non-hydrogen) atoms. The van der Waals surface area contributed by atoms with Crippen molar-refractivity contribution in [1.82, 2.24) is 30.1 Å². The van der Waals surface area contributed by atoms with Crippen molar-refractivity contribution in [2.75, 3.05) is 29.9 Å². The maximum atomic E-state index is 8.58. The number of rotatable bonds is 4. The van der Waals surface area contributed by atoms with Gasteiger partial charge < -0.3 is 21.3 Å². The number of carbonyl (C=O) groups is 1. The Morgan fingerprint density at radius 2 is 1.86 bits per heavy atom. The zero-order chi connectivity index (χ0) is 26.3. The highest BCUT2D eigenvalue weighted by Gasteiger charge is 2.26. The lowest BCUT2D eigenvalue weighted by Gasteiger charge is -2.21. The Balaban J connectivity index is 0.000000322. The zero-order valence-electron chi connectivity index (χ0n) is 21.8. The first-order valence-electron chi connectivity index (χ1n) is 12.8. The molecule has 1 unspecified atom stereocenters. The lowest BCUT2D eigenvalue weighted by molar-refractivity contribution is -0.106. The van der Waals surface area contributed by atoms with E-state index >= 15 is 0 Å². The summed E-state index contributed by atoms with van der Waals surface area (Å²) in [6.07, 6.45) is 17.9. The Bertz CT molecular complexity index is 1040. The van der Waals surface area contributed by atoms with Gasteiger partial charge in [-0.2, -0.15) is 10.1 Å². The number of carbonyl (C=O) groups excluding carboxylic acids is 1. The smallest absolute Gasteiger partial charge is 0.245 e. The van der Waals surface area contributed by atoms with E-state index in [1.54, 1.807) is 0 Å². The van der Waals surface area contributed by atoms with Gasteiger partial charge in [-0.1, -0.05) is 13.8 Å². The standard InChI is InChI=1S/C17H21N7.C4H9N.C2H6.C2H2.CH3NO/c1-11-4-2-8-23(11)17-19-16(14-5-3-9-24(14)22-17)18-15-10-13(20-21-15)12-6-7-12;1-2-4-5-3-1;2*1-2;2-1-3/h3,5,9-12H,2,4,6-8H2,1H3,(H2,18,19,20,21,22);5H,1-4H2;1-2H3;1-2H;1H,(H2,2,3). The normalized spacial score (nSPS) is 17.8. The van der Waals surface area contributed by atoms with Gasteiger partial charge in [0.05, 0.1) is 0 Å². The predicted octanol–water partition coefficient (Wildman–Crippen LogP) is 3.81. The highest BCUT2D eigenvalue weighted by Crippen LogP contribution is 2.39. The van der Waals surface area contributed by atoms with Crippen LogP contribution in [0.15, 0.2) is 24.4 Å². The Morgan fingerprint density at radius 3 is 2.42 bits per heavy atom. The molecule has 0 bridgehead atoms. The van der Waals surface area contributed by atoms with E-state index in [1.165, 1.54) is 57.3 Å². The van der Waals surface area contributed by atoms with Crippen molar-refractivity contribution in [3.8, 4) is 12.8 Å². The van der Waals surface area contributed by atoms with Gasteiger partial charge in [0, 0.05) is 36.5 Å². The molecule has 0 spiro atoms. The molecule has 3 aliphatic rings. The topological polar surface area (TPSA) is 129 Å². The molecule has 1 atom stereocenters. The average molecular weight is 496 g/mol.